The highest BCUT2D eigenvalue weighted by Gasteiger charge is 2.19. The van der Waals surface area contributed by atoms with Gasteiger partial charge < -0.3 is 15.7 Å². The number of pyridine rings is 1. The average Bonchev–Trinajstić information content (AvgIpc) is 2.49. The smallest absolute Gasteiger partial charge is 0.331 e. The SMILES string of the molecule is CCCCCCCOc1ncc(C(N)=NO)cc1[N+](=O)[O-]. The molecule has 8 nitrogen and oxygen atoms in total. The minimum absolute atomic E-state index is 0.0509. The maximum Gasteiger partial charge on any atom is 0.331 e. The van der Waals surface area contributed by atoms with E-state index in [4.69, 9.17) is 15.7 Å². The van der Waals surface area contributed by atoms with E-state index >= 15 is 0 Å². The molecule has 1 heterocycles. The molecule has 116 valence electrons. The number of aromatic nitrogens is 1. The number of nitrogens with two attached hydrogens (primary N) is 1. The van der Waals surface area contributed by atoms with Crippen molar-refractivity contribution in [2.75, 3.05) is 6.61 Å². The average molecular weight is 296 g/mol. The standard InChI is InChI=1S/C13H20N4O4/c1-2-3-4-5-6-7-21-13-11(17(19)20)8-10(9-15-13)12(14)16-18/h8-9,18H,2-7H2,1H3,(H2,14,16). The van der Waals surface area contributed by atoms with Crippen molar-refractivity contribution in [3.63, 3.8) is 0 Å². The molecule has 0 saturated carbocycles. The minimum atomic E-state index is -0.604. The van der Waals surface area contributed by atoms with Crippen LogP contribution in [0.4, 0.5) is 5.69 Å². The molecule has 0 atom stereocenters. The highest BCUT2D eigenvalue weighted by Crippen LogP contribution is 2.25. The summed E-state index contributed by atoms with van der Waals surface area (Å²) in [5.41, 5.74) is 5.25. The summed E-state index contributed by atoms with van der Waals surface area (Å²) >= 11 is 0. The molecule has 0 aliphatic carbocycles. The fourth-order valence-corrected chi connectivity index (χ4v) is 1.75. The van der Waals surface area contributed by atoms with E-state index in [1.807, 2.05) is 0 Å². The fourth-order valence-electron chi connectivity index (χ4n) is 1.75. The van der Waals surface area contributed by atoms with E-state index in [-0.39, 0.29) is 23.0 Å². The molecule has 0 unspecified atom stereocenters. The van der Waals surface area contributed by atoms with Crippen molar-refractivity contribution in [2.45, 2.75) is 39.0 Å². The first kappa shape index (κ1) is 16.7. The Labute approximate surface area is 122 Å². The zero-order chi connectivity index (χ0) is 15.7. The van der Waals surface area contributed by atoms with Crippen LogP contribution in [0, 0.1) is 10.1 Å². The molecule has 0 fully saturated rings. The lowest BCUT2D eigenvalue weighted by atomic mass is 10.2. The van der Waals surface area contributed by atoms with Crippen LogP contribution in [-0.2, 0) is 0 Å². The first-order valence-electron chi connectivity index (χ1n) is 6.85. The number of ether oxygens (including phenoxy) is 1. The number of oxime groups is 1. The predicted molar refractivity (Wildman–Crippen MR) is 77.7 cm³/mol. The lowest BCUT2D eigenvalue weighted by molar-refractivity contribution is -0.386. The molecule has 0 aromatic carbocycles. The van der Waals surface area contributed by atoms with E-state index in [0.717, 1.165) is 25.7 Å². The van der Waals surface area contributed by atoms with Gasteiger partial charge in [0.15, 0.2) is 5.84 Å². The first-order valence-corrected chi connectivity index (χ1v) is 6.85. The molecule has 8 heteroatoms. The summed E-state index contributed by atoms with van der Waals surface area (Å²) in [5, 5.41) is 22.4. The number of nitrogens with zero attached hydrogens (tertiary/aromatic N) is 3. The van der Waals surface area contributed by atoms with Crippen LogP contribution in [0.1, 0.15) is 44.6 Å². The number of hydrogen-bond donors (Lipinski definition) is 2. The van der Waals surface area contributed by atoms with E-state index in [0.29, 0.717) is 6.61 Å². The van der Waals surface area contributed by atoms with Gasteiger partial charge in [-0.25, -0.2) is 4.98 Å². The van der Waals surface area contributed by atoms with Crippen molar-refractivity contribution in [1.29, 1.82) is 0 Å². The molecule has 3 N–H and O–H groups in total. The zero-order valence-corrected chi connectivity index (χ0v) is 12.0. The summed E-state index contributed by atoms with van der Waals surface area (Å²) in [6, 6.07) is 1.18. The first-order chi connectivity index (χ1) is 10.1. The van der Waals surface area contributed by atoms with E-state index in [2.05, 4.69) is 17.1 Å². The van der Waals surface area contributed by atoms with Crippen LogP contribution in [0.2, 0.25) is 0 Å². The van der Waals surface area contributed by atoms with Gasteiger partial charge in [-0.2, -0.15) is 0 Å². The molecule has 21 heavy (non-hydrogen) atoms. The van der Waals surface area contributed by atoms with Crippen LogP contribution in [0.3, 0.4) is 0 Å². The number of amidine groups is 1. The molecular weight excluding hydrogens is 276 g/mol. The van der Waals surface area contributed by atoms with Gasteiger partial charge >= 0.3 is 5.69 Å². The molecule has 1 rings (SSSR count). The fraction of sp³-hybridized carbons (Fsp3) is 0.538. The summed E-state index contributed by atoms with van der Waals surface area (Å²) in [4.78, 5) is 14.3. The third kappa shape index (κ3) is 5.25. The topological polar surface area (TPSA) is 124 Å². The Morgan fingerprint density at radius 3 is 2.81 bits per heavy atom. The molecule has 0 amide bonds. The second-order valence-electron chi connectivity index (χ2n) is 4.55. The van der Waals surface area contributed by atoms with Crippen molar-refractivity contribution in [3.8, 4) is 5.88 Å². The van der Waals surface area contributed by atoms with E-state index in [1.165, 1.54) is 18.7 Å². The van der Waals surface area contributed by atoms with Gasteiger partial charge in [-0.1, -0.05) is 37.8 Å². The van der Waals surface area contributed by atoms with Crippen LogP contribution in [0.25, 0.3) is 0 Å². The summed E-state index contributed by atoms with van der Waals surface area (Å²) < 4.78 is 5.35. The zero-order valence-electron chi connectivity index (χ0n) is 12.0. The number of rotatable bonds is 9. The van der Waals surface area contributed by atoms with Gasteiger partial charge in [0.05, 0.1) is 11.5 Å². The Balaban J connectivity index is 2.67. The number of nitro groups is 1. The van der Waals surface area contributed by atoms with Gasteiger partial charge in [-0.15, -0.1) is 0 Å². The summed E-state index contributed by atoms with van der Waals surface area (Å²) in [6.07, 6.45) is 6.56. The van der Waals surface area contributed by atoms with Crippen LogP contribution in [0.15, 0.2) is 17.4 Å². The van der Waals surface area contributed by atoms with E-state index < -0.39 is 4.92 Å². The van der Waals surface area contributed by atoms with Crippen LogP contribution < -0.4 is 10.5 Å². The predicted octanol–water partition coefficient (Wildman–Crippen LogP) is 2.43. The van der Waals surface area contributed by atoms with Crippen LogP contribution in [0.5, 0.6) is 5.88 Å². The molecule has 0 spiro atoms. The molecule has 1 aromatic rings. The lowest BCUT2D eigenvalue weighted by Gasteiger charge is -2.06. The van der Waals surface area contributed by atoms with Gasteiger partial charge in [-0.3, -0.25) is 10.1 Å². The molecule has 0 aliphatic heterocycles. The Bertz CT molecular complexity index is 505. The summed E-state index contributed by atoms with van der Waals surface area (Å²) in [6.45, 7) is 2.51. The normalized spacial score (nSPS) is 11.4. The molecule has 1 aromatic heterocycles. The highest BCUT2D eigenvalue weighted by atomic mass is 16.6. The summed E-state index contributed by atoms with van der Waals surface area (Å²) in [7, 11) is 0. The quantitative estimate of drug-likeness (QED) is 0.180. The van der Waals surface area contributed by atoms with Gasteiger partial charge in [0, 0.05) is 17.8 Å². The number of unbranched alkanes of at least 4 members (excludes halogenated alkanes) is 4. The summed E-state index contributed by atoms with van der Waals surface area (Å²) in [5.74, 6) is -0.290. The van der Waals surface area contributed by atoms with Crippen molar-refractivity contribution in [2.24, 2.45) is 10.9 Å². The largest absolute Gasteiger partial charge is 0.473 e. The van der Waals surface area contributed by atoms with Crippen molar-refractivity contribution < 1.29 is 14.9 Å². The van der Waals surface area contributed by atoms with Gasteiger partial charge in [0.25, 0.3) is 5.88 Å². The number of hydrogen-bond acceptors (Lipinski definition) is 6. The molecule has 0 radical (unpaired) electrons. The van der Waals surface area contributed by atoms with Gasteiger partial charge in [0.1, 0.15) is 0 Å². The van der Waals surface area contributed by atoms with Crippen molar-refractivity contribution >= 4 is 11.5 Å². The van der Waals surface area contributed by atoms with Crippen LogP contribution in [-0.4, -0.2) is 27.6 Å². The molecule has 0 aliphatic rings. The Hall–Kier alpha value is -2.38. The third-order valence-electron chi connectivity index (χ3n) is 2.92. The Kier molecular flexibility index (Phi) is 6.93. The van der Waals surface area contributed by atoms with Crippen molar-refractivity contribution in [3.05, 3.63) is 27.9 Å². The molecular formula is C13H20N4O4. The van der Waals surface area contributed by atoms with E-state index in [9.17, 15) is 10.1 Å². The minimum Gasteiger partial charge on any atom is -0.473 e. The second-order valence-corrected chi connectivity index (χ2v) is 4.55. The van der Waals surface area contributed by atoms with Gasteiger partial charge in [0.2, 0.25) is 0 Å². The maximum absolute atomic E-state index is 11.0. The third-order valence-corrected chi connectivity index (χ3v) is 2.92. The maximum atomic E-state index is 11.0. The second kappa shape index (κ2) is 8.72. The van der Waals surface area contributed by atoms with Crippen molar-refractivity contribution in [1.82, 2.24) is 4.98 Å². The highest BCUT2D eigenvalue weighted by molar-refractivity contribution is 5.97. The molecule has 0 bridgehead atoms. The Morgan fingerprint density at radius 2 is 2.19 bits per heavy atom. The Morgan fingerprint density at radius 1 is 1.48 bits per heavy atom. The van der Waals surface area contributed by atoms with E-state index in [1.54, 1.807) is 0 Å². The lowest BCUT2D eigenvalue weighted by Crippen LogP contribution is -2.14. The monoisotopic (exact) mass is 296 g/mol. The van der Waals surface area contributed by atoms with Gasteiger partial charge in [-0.05, 0) is 6.42 Å². The molecule has 0 saturated heterocycles. The van der Waals surface area contributed by atoms with Crippen LogP contribution >= 0.6 is 0 Å².